The van der Waals surface area contributed by atoms with Crippen LogP contribution in [0.4, 0.5) is 5.69 Å². The highest BCUT2D eigenvalue weighted by molar-refractivity contribution is 7.80. The highest BCUT2D eigenvalue weighted by Crippen LogP contribution is 2.15. The third-order valence-electron chi connectivity index (χ3n) is 2.39. The summed E-state index contributed by atoms with van der Waals surface area (Å²) in [4.78, 5) is 11.8. The molecule has 0 spiro atoms. The number of rotatable bonds is 1. The molecule has 1 amide bonds. The second kappa shape index (κ2) is 5.48. The van der Waals surface area contributed by atoms with E-state index >= 15 is 0 Å². The van der Waals surface area contributed by atoms with Gasteiger partial charge in [0, 0.05) is 11.1 Å². The van der Waals surface area contributed by atoms with Crippen molar-refractivity contribution in [2.24, 2.45) is 5.41 Å². The molecule has 1 rings (SSSR count). The molecule has 0 saturated heterocycles. The lowest BCUT2D eigenvalue weighted by molar-refractivity contribution is -0.126. The van der Waals surface area contributed by atoms with Gasteiger partial charge in [-0.25, -0.2) is 0 Å². The van der Waals surface area contributed by atoms with Crippen LogP contribution in [0.5, 0.6) is 0 Å². The Morgan fingerprint density at radius 2 is 1.61 bits per heavy atom. The number of carbonyl (C=O) groups is 1. The van der Waals surface area contributed by atoms with Gasteiger partial charge in [0.25, 0.3) is 0 Å². The lowest BCUT2D eigenvalue weighted by Crippen LogP contribution is -2.41. The normalized spacial score (nSPS) is 10.9. The second-order valence-electron chi connectivity index (χ2n) is 5.53. The molecule has 2 N–H and O–H groups in total. The maximum Gasteiger partial charge on any atom is 0.231 e. The van der Waals surface area contributed by atoms with E-state index in [0.717, 1.165) is 16.8 Å². The lowest BCUT2D eigenvalue weighted by Gasteiger charge is -2.18. The molecule has 0 aliphatic rings. The van der Waals surface area contributed by atoms with Crippen molar-refractivity contribution in [3.63, 3.8) is 0 Å². The van der Waals surface area contributed by atoms with E-state index in [4.69, 9.17) is 12.2 Å². The molecule has 1 aromatic carbocycles. The van der Waals surface area contributed by atoms with Crippen LogP contribution in [0.3, 0.4) is 0 Å². The zero-order valence-corrected chi connectivity index (χ0v) is 12.4. The topological polar surface area (TPSA) is 41.1 Å². The molecular formula is C14H20N2OS. The molecule has 0 bridgehead atoms. The van der Waals surface area contributed by atoms with Crippen LogP contribution in [-0.4, -0.2) is 11.0 Å². The third kappa shape index (κ3) is 4.45. The average Bonchev–Trinajstić information content (AvgIpc) is 2.13. The van der Waals surface area contributed by atoms with Crippen LogP contribution >= 0.6 is 12.2 Å². The molecule has 0 radical (unpaired) electrons. The zero-order valence-electron chi connectivity index (χ0n) is 11.5. The van der Waals surface area contributed by atoms with Crippen molar-refractivity contribution in [3.05, 3.63) is 29.3 Å². The predicted octanol–water partition coefficient (Wildman–Crippen LogP) is 3.16. The van der Waals surface area contributed by atoms with E-state index < -0.39 is 5.41 Å². The first-order chi connectivity index (χ1) is 8.18. The van der Waals surface area contributed by atoms with Crippen molar-refractivity contribution in [1.82, 2.24) is 5.32 Å². The Bertz CT molecular complexity index is 455. The largest absolute Gasteiger partial charge is 0.332 e. The Hall–Kier alpha value is -1.42. The molecule has 3 nitrogen and oxygen atoms in total. The van der Waals surface area contributed by atoms with Crippen molar-refractivity contribution in [2.45, 2.75) is 34.6 Å². The van der Waals surface area contributed by atoms with Crippen molar-refractivity contribution < 1.29 is 4.79 Å². The molecule has 0 saturated carbocycles. The number of anilines is 1. The predicted molar refractivity (Wildman–Crippen MR) is 79.7 cm³/mol. The molecule has 0 unspecified atom stereocenters. The Morgan fingerprint density at radius 3 is 2.06 bits per heavy atom. The number of aryl methyl sites for hydroxylation is 2. The van der Waals surface area contributed by atoms with Gasteiger partial charge in [0.2, 0.25) is 5.91 Å². The first-order valence-corrected chi connectivity index (χ1v) is 6.30. The van der Waals surface area contributed by atoms with E-state index in [9.17, 15) is 4.79 Å². The summed E-state index contributed by atoms with van der Waals surface area (Å²) in [7, 11) is 0. The minimum absolute atomic E-state index is 0.0932. The van der Waals surface area contributed by atoms with Gasteiger partial charge in [-0.2, -0.15) is 0 Å². The van der Waals surface area contributed by atoms with Crippen molar-refractivity contribution >= 4 is 28.9 Å². The number of hydrogen-bond acceptors (Lipinski definition) is 2. The summed E-state index contributed by atoms with van der Waals surface area (Å²) >= 11 is 5.12. The van der Waals surface area contributed by atoms with Crippen LogP contribution in [-0.2, 0) is 4.79 Å². The molecule has 18 heavy (non-hydrogen) atoms. The number of carbonyl (C=O) groups excluding carboxylic acids is 1. The van der Waals surface area contributed by atoms with Crippen LogP contribution in [0.15, 0.2) is 18.2 Å². The highest BCUT2D eigenvalue weighted by atomic mass is 32.1. The van der Waals surface area contributed by atoms with Gasteiger partial charge in [0.1, 0.15) is 0 Å². The maximum absolute atomic E-state index is 11.8. The third-order valence-corrected chi connectivity index (χ3v) is 2.59. The summed E-state index contributed by atoms with van der Waals surface area (Å²) in [5.41, 5.74) is 2.76. The molecule has 1 aromatic rings. The molecule has 0 heterocycles. The number of amides is 1. The van der Waals surface area contributed by atoms with Crippen LogP contribution in [0.1, 0.15) is 31.9 Å². The molecular weight excluding hydrogens is 244 g/mol. The summed E-state index contributed by atoms with van der Waals surface area (Å²) < 4.78 is 0. The summed E-state index contributed by atoms with van der Waals surface area (Å²) in [6.45, 7) is 9.59. The SMILES string of the molecule is Cc1cc(C)cc(NC(=S)NC(=O)C(C)(C)C)c1. The van der Waals surface area contributed by atoms with Gasteiger partial charge >= 0.3 is 0 Å². The Kier molecular flexibility index (Phi) is 4.46. The van der Waals surface area contributed by atoms with Crippen molar-refractivity contribution in [1.29, 1.82) is 0 Å². The zero-order chi connectivity index (χ0) is 13.9. The van der Waals surface area contributed by atoms with E-state index in [0.29, 0.717) is 5.11 Å². The summed E-state index contributed by atoms with van der Waals surface area (Å²) in [6, 6.07) is 6.06. The Morgan fingerprint density at radius 1 is 1.11 bits per heavy atom. The van der Waals surface area contributed by atoms with Gasteiger partial charge in [0.15, 0.2) is 5.11 Å². The summed E-state index contributed by atoms with van der Waals surface area (Å²) in [5.74, 6) is -0.0932. The van der Waals surface area contributed by atoms with E-state index in [2.05, 4.69) is 16.7 Å². The molecule has 4 heteroatoms. The summed E-state index contributed by atoms with van der Waals surface area (Å²) in [5, 5.41) is 6.05. The minimum Gasteiger partial charge on any atom is -0.332 e. The van der Waals surface area contributed by atoms with Gasteiger partial charge < -0.3 is 10.6 Å². The van der Waals surface area contributed by atoms with Crippen LogP contribution < -0.4 is 10.6 Å². The van der Waals surface area contributed by atoms with Crippen LogP contribution in [0.25, 0.3) is 0 Å². The van der Waals surface area contributed by atoms with Crippen molar-refractivity contribution in [3.8, 4) is 0 Å². The number of benzene rings is 1. The minimum atomic E-state index is -0.450. The van der Waals surface area contributed by atoms with Crippen LogP contribution in [0, 0.1) is 19.3 Å². The quantitative estimate of drug-likeness (QED) is 0.766. The number of nitrogens with one attached hydrogen (secondary N) is 2. The van der Waals surface area contributed by atoms with E-state index in [1.54, 1.807) is 0 Å². The van der Waals surface area contributed by atoms with E-state index in [-0.39, 0.29) is 5.91 Å². The van der Waals surface area contributed by atoms with Gasteiger partial charge in [-0.3, -0.25) is 4.79 Å². The smallest absolute Gasteiger partial charge is 0.231 e. The first-order valence-electron chi connectivity index (χ1n) is 5.89. The Labute approximate surface area is 114 Å². The fourth-order valence-corrected chi connectivity index (χ4v) is 1.71. The van der Waals surface area contributed by atoms with E-state index in [1.165, 1.54) is 0 Å². The average molecular weight is 264 g/mol. The number of hydrogen-bond donors (Lipinski definition) is 2. The highest BCUT2D eigenvalue weighted by Gasteiger charge is 2.21. The maximum atomic E-state index is 11.8. The Balaban J connectivity index is 2.68. The molecule has 0 aliphatic carbocycles. The fraction of sp³-hybridized carbons (Fsp3) is 0.429. The summed E-state index contributed by atoms with van der Waals surface area (Å²) in [6.07, 6.45) is 0. The van der Waals surface area contributed by atoms with Crippen molar-refractivity contribution in [2.75, 3.05) is 5.32 Å². The number of thiocarbonyl (C=S) groups is 1. The van der Waals surface area contributed by atoms with E-state index in [1.807, 2.05) is 46.8 Å². The lowest BCUT2D eigenvalue weighted by atomic mass is 9.96. The molecule has 0 fully saturated rings. The first kappa shape index (κ1) is 14.6. The fourth-order valence-electron chi connectivity index (χ4n) is 1.50. The monoisotopic (exact) mass is 264 g/mol. The standard InChI is InChI=1S/C14H20N2OS/c1-9-6-10(2)8-11(7-9)15-13(18)16-12(17)14(3,4)5/h6-8H,1-5H3,(H2,15,16,17,18). The molecule has 0 aliphatic heterocycles. The molecule has 0 atom stereocenters. The van der Waals surface area contributed by atoms with Gasteiger partial charge in [-0.15, -0.1) is 0 Å². The second-order valence-corrected chi connectivity index (χ2v) is 5.94. The van der Waals surface area contributed by atoms with Gasteiger partial charge in [-0.05, 0) is 49.3 Å². The van der Waals surface area contributed by atoms with Gasteiger partial charge in [-0.1, -0.05) is 26.8 Å². The molecule has 0 aromatic heterocycles. The van der Waals surface area contributed by atoms with Crippen LogP contribution in [0.2, 0.25) is 0 Å². The molecule has 98 valence electrons. The van der Waals surface area contributed by atoms with Gasteiger partial charge in [0.05, 0.1) is 0 Å².